The van der Waals surface area contributed by atoms with Gasteiger partial charge in [0, 0.05) is 32.5 Å². The number of hydrogen-bond donors (Lipinski definition) is 6. The Balaban J connectivity index is 1.86. The third kappa shape index (κ3) is 20.4. The van der Waals surface area contributed by atoms with E-state index >= 15 is 0 Å². The molecule has 0 saturated carbocycles. The van der Waals surface area contributed by atoms with Crippen LogP contribution in [0.4, 0.5) is 14.4 Å². The predicted molar refractivity (Wildman–Crippen MR) is 261 cm³/mol. The van der Waals surface area contributed by atoms with Crippen molar-refractivity contribution in [3.05, 3.63) is 71.8 Å². The summed E-state index contributed by atoms with van der Waals surface area (Å²) in [6.07, 6.45) is 3.78. The summed E-state index contributed by atoms with van der Waals surface area (Å²) in [5, 5.41) is 16.3. The van der Waals surface area contributed by atoms with Crippen molar-refractivity contribution < 1.29 is 57.3 Å². The fourth-order valence-electron chi connectivity index (χ4n) is 7.40. The Bertz CT molecular complexity index is 2130. The number of carbonyl (C=O) groups excluding carboxylic acids is 8. The highest BCUT2D eigenvalue weighted by Crippen LogP contribution is 2.26. The maximum absolute atomic E-state index is 14.4. The van der Waals surface area contributed by atoms with Crippen molar-refractivity contribution in [2.45, 2.75) is 160 Å². The zero-order valence-corrected chi connectivity index (χ0v) is 42.3. The molecule has 6 N–H and O–H groups in total. The molecule has 384 valence electrons. The van der Waals surface area contributed by atoms with Crippen molar-refractivity contribution >= 4 is 47.9 Å². The van der Waals surface area contributed by atoms with Gasteiger partial charge < -0.3 is 55.7 Å². The highest BCUT2D eigenvalue weighted by atomic mass is 16.6. The first kappa shape index (κ1) is 57.5. The molecule has 2 aromatic carbocycles. The number of amides is 7. The van der Waals surface area contributed by atoms with E-state index in [9.17, 15) is 38.4 Å². The number of carbonyl (C=O) groups is 8. The quantitative estimate of drug-likeness (QED) is 0.0438. The summed E-state index contributed by atoms with van der Waals surface area (Å²) >= 11 is 0. The second kappa shape index (κ2) is 26.2. The monoisotopic (exact) mass is 976 g/mol. The third-order valence-electron chi connectivity index (χ3n) is 10.6. The smallest absolute Gasteiger partial charge is 0.408 e. The number of nitrogens with zero attached hydrogens (tertiary/aromatic N) is 1. The average Bonchev–Trinajstić information content (AvgIpc) is 3.26. The van der Waals surface area contributed by atoms with Crippen molar-refractivity contribution in [1.82, 2.24) is 36.8 Å². The van der Waals surface area contributed by atoms with Crippen LogP contribution in [0.3, 0.4) is 0 Å². The maximum atomic E-state index is 14.4. The number of methoxy groups -OCH3 is 1. The molecular weight excluding hydrogens is 903 g/mol. The number of piperidine rings is 1. The van der Waals surface area contributed by atoms with Crippen molar-refractivity contribution in [2.24, 2.45) is 0 Å². The van der Waals surface area contributed by atoms with Crippen LogP contribution in [0, 0.1) is 12.3 Å². The van der Waals surface area contributed by atoms with Gasteiger partial charge in [-0.05, 0) is 106 Å². The Morgan fingerprint density at radius 1 is 0.671 bits per heavy atom. The van der Waals surface area contributed by atoms with Crippen LogP contribution in [-0.4, -0.2) is 120 Å². The number of ether oxygens (including phenoxy) is 4. The van der Waals surface area contributed by atoms with Gasteiger partial charge in [-0.3, -0.25) is 19.2 Å². The molecule has 3 rings (SSSR count). The normalized spacial score (nSPS) is 15.2. The zero-order chi connectivity index (χ0) is 52.3. The summed E-state index contributed by atoms with van der Waals surface area (Å²) in [6, 6.07) is 13.1. The summed E-state index contributed by atoms with van der Waals surface area (Å²) in [7, 11) is 1.19. The van der Waals surface area contributed by atoms with E-state index in [0.717, 1.165) is 0 Å². The predicted octanol–water partition coefficient (Wildman–Crippen LogP) is 5.12. The first-order valence-electron chi connectivity index (χ1n) is 23.5. The minimum absolute atomic E-state index is 0.0138. The van der Waals surface area contributed by atoms with Crippen LogP contribution in [0.15, 0.2) is 60.7 Å². The Morgan fingerprint density at radius 2 is 1.20 bits per heavy atom. The molecule has 0 spiro atoms. The molecule has 70 heavy (non-hydrogen) atoms. The number of nitrogens with one attached hydrogen (secondary N) is 6. The van der Waals surface area contributed by atoms with E-state index in [4.69, 9.17) is 25.4 Å². The number of unbranched alkanes of at least 4 members (excludes halogenated alkanes) is 1. The van der Waals surface area contributed by atoms with Gasteiger partial charge in [0.15, 0.2) is 0 Å². The molecule has 4 atom stereocenters. The summed E-state index contributed by atoms with van der Waals surface area (Å²) < 4.78 is 21.2. The molecule has 1 saturated heterocycles. The number of hydrogen-bond acceptors (Lipinski definition) is 12. The SMILES string of the molecule is C#CC[C@@H](NC(=O)[C@@H](Cc1ccccc1)NC(=O)CC(NC(=O)OC(C)(C)C)c1ccccc1)C(=O)N[C@H](CCCCNC(=O)OC(C)(C)C)C(=O)N1CCC(NC(=O)OC(C)(C)C)(C(=O)OC)CC1. The van der Waals surface area contributed by atoms with Crippen molar-refractivity contribution in [3.63, 3.8) is 0 Å². The van der Waals surface area contributed by atoms with Crippen LogP contribution < -0.4 is 31.9 Å². The largest absolute Gasteiger partial charge is 0.467 e. The molecule has 1 aliphatic heterocycles. The topological polar surface area (TPSA) is 249 Å². The highest BCUT2D eigenvalue weighted by Gasteiger charge is 2.46. The molecule has 2 aromatic rings. The summed E-state index contributed by atoms with van der Waals surface area (Å²) in [4.78, 5) is 109. The number of esters is 1. The van der Waals surface area contributed by atoms with Gasteiger partial charge in [0.2, 0.25) is 23.6 Å². The second-order valence-electron chi connectivity index (χ2n) is 20.1. The average molecular weight is 976 g/mol. The molecule has 19 nitrogen and oxygen atoms in total. The lowest BCUT2D eigenvalue weighted by Crippen LogP contribution is -2.63. The minimum Gasteiger partial charge on any atom is -0.467 e. The van der Waals surface area contributed by atoms with Crippen molar-refractivity contribution in [2.75, 3.05) is 26.7 Å². The van der Waals surface area contributed by atoms with Gasteiger partial charge in [0.25, 0.3) is 0 Å². The fraction of sp³-hybridized carbons (Fsp3) is 0.569. The summed E-state index contributed by atoms with van der Waals surface area (Å²) in [5.41, 5.74) is -2.56. The summed E-state index contributed by atoms with van der Waals surface area (Å²) in [5.74, 6) is -0.910. The summed E-state index contributed by atoms with van der Waals surface area (Å²) in [6.45, 7) is 15.6. The van der Waals surface area contributed by atoms with E-state index in [2.05, 4.69) is 37.8 Å². The molecule has 0 aliphatic carbocycles. The molecule has 0 aromatic heterocycles. The first-order valence-corrected chi connectivity index (χ1v) is 23.5. The molecule has 0 radical (unpaired) electrons. The molecule has 0 bridgehead atoms. The Kier molecular flexibility index (Phi) is 21.5. The Labute approximate surface area is 412 Å². The van der Waals surface area contributed by atoms with E-state index in [0.29, 0.717) is 24.0 Å². The van der Waals surface area contributed by atoms with Gasteiger partial charge in [-0.15, -0.1) is 12.3 Å². The van der Waals surface area contributed by atoms with Crippen LogP contribution in [0.2, 0.25) is 0 Å². The lowest BCUT2D eigenvalue weighted by atomic mass is 9.87. The van der Waals surface area contributed by atoms with Gasteiger partial charge in [-0.25, -0.2) is 19.2 Å². The van der Waals surface area contributed by atoms with Gasteiger partial charge in [-0.1, -0.05) is 60.7 Å². The molecule has 1 aliphatic rings. The van der Waals surface area contributed by atoms with Crippen LogP contribution in [0.5, 0.6) is 0 Å². The van der Waals surface area contributed by atoms with E-state index in [-0.39, 0.29) is 58.2 Å². The van der Waals surface area contributed by atoms with Crippen molar-refractivity contribution in [3.8, 4) is 12.3 Å². The lowest BCUT2D eigenvalue weighted by Gasteiger charge is -2.41. The van der Waals surface area contributed by atoms with Crippen molar-refractivity contribution in [1.29, 1.82) is 0 Å². The number of likely N-dealkylation sites (tertiary alicyclic amines) is 1. The van der Waals surface area contributed by atoms with Gasteiger partial charge >= 0.3 is 24.2 Å². The third-order valence-corrected chi connectivity index (χ3v) is 10.6. The van der Waals surface area contributed by atoms with Crippen LogP contribution in [0.1, 0.15) is 124 Å². The van der Waals surface area contributed by atoms with E-state index in [1.165, 1.54) is 12.0 Å². The number of alkyl carbamates (subject to hydrolysis) is 3. The van der Waals surface area contributed by atoms with Crippen LogP contribution in [-0.2, 0) is 49.3 Å². The first-order chi connectivity index (χ1) is 32.7. The second-order valence-corrected chi connectivity index (χ2v) is 20.1. The number of benzene rings is 2. The lowest BCUT2D eigenvalue weighted by molar-refractivity contribution is -0.153. The van der Waals surface area contributed by atoms with Gasteiger partial charge in [0.05, 0.1) is 19.6 Å². The standard InChI is InChI=1S/C51H73N7O12/c1-12-21-36(54-42(61)39(32-34-22-15-13-16-23-34)53-40(59)33-38(35-24-17-14-18-25-35)56-46(65)69-49(5,6)7)41(60)55-37(26-19-20-29-52-45(64)68-48(2,3)4)43(62)58-30-27-51(28-31-58,44(63)67-11)57-47(66)70-50(8,9)10/h1,13-18,22-25,36-39H,19-21,26-33H2,2-11H3,(H,52,64)(H,53,59)(H,54,61)(H,55,60)(H,56,65)(H,57,66)/t36-,37-,38?,39-/m1/s1. The molecule has 19 heteroatoms. The highest BCUT2D eigenvalue weighted by molar-refractivity contribution is 5.95. The maximum Gasteiger partial charge on any atom is 0.408 e. The van der Waals surface area contributed by atoms with Gasteiger partial charge in [0.1, 0.15) is 40.5 Å². The molecular formula is C51H73N7O12. The minimum atomic E-state index is -1.50. The molecule has 1 fully saturated rings. The zero-order valence-electron chi connectivity index (χ0n) is 42.3. The van der Waals surface area contributed by atoms with E-state index < -0.39 is 94.4 Å². The van der Waals surface area contributed by atoms with E-state index in [1.807, 2.05) is 0 Å². The Morgan fingerprint density at radius 3 is 1.76 bits per heavy atom. The van der Waals surface area contributed by atoms with Crippen LogP contribution >= 0.6 is 0 Å². The molecule has 7 amide bonds. The Hall–Kier alpha value is -6.84. The molecule has 1 unspecified atom stereocenters. The molecule has 1 heterocycles. The number of terminal acetylenes is 1. The van der Waals surface area contributed by atoms with E-state index in [1.54, 1.807) is 123 Å². The number of rotatable bonds is 20. The van der Waals surface area contributed by atoms with Crippen LogP contribution in [0.25, 0.3) is 0 Å². The van der Waals surface area contributed by atoms with Gasteiger partial charge in [-0.2, -0.15) is 0 Å². The fourth-order valence-corrected chi connectivity index (χ4v) is 7.40.